The second-order valence-electron chi connectivity index (χ2n) is 7.61. The molecule has 0 aliphatic carbocycles. The number of hydrogen-bond acceptors (Lipinski definition) is 6. The Hall–Kier alpha value is -2.64. The zero-order valence-corrected chi connectivity index (χ0v) is 16.9. The number of likely N-dealkylation sites (tertiary alicyclic amines) is 1. The van der Waals surface area contributed by atoms with E-state index in [-0.39, 0.29) is 6.04 Å². The third-order valence-corrected chi connectivity index (χ3v) is 5.71. The molecule has 3 aromatic rings. The molecule has 29 heavy (non-hydrogen) atoms. The summed E-state index contributed by atoms with van der Waals surface area (Å²) in [4.78, 5) is 6.69. The highest BCUT2D eigenvalue weighted by Crippen LogP contribution is 2.32. The fourth-order valence-corrected chi connectivity index (χ4v) is 4.18. The molecule has 0 bridgehead atoms. The molecule has 152 valence electrons. The van der Waals surface area contributed by atoms with Crippen molar-refractivity contribution < 1.29 is 4.74 Å². The average molecular weight is 393 g/mol. The molecule has 1 aliphatic rings. The van der Waals surface area contributed by atoms with Crippen LogP contribution < -0.4 is 0 Å². The lowest BCUT2D eigenvalue weighted by molar-refractivity contribution is 0.139. The van der Waals surface area contributed by atoms with Crippen molar-refractivity contribution in [1.29, 1.82) is 0 Å². The summed E-state index contributed by atoms with van der Waals surface area (Å²) in [6.07, 6.45) is 7.19. The van der Waals surface area contributed by atoms with Crippen molar-refractivity contribution in [1.82, 2.24) is 30.1 Å². The van der Waals surface area contributed by atoms with Gasteiger partial charge in [0.2, 0.25) is 0 Å². The van der Waals surface area contributed by atoms with Crippen molar-refractivity contribution in [2.75, 3.05) is 26.8 Å². The van der Waals surface area contributed by atoms with E-state index in [1.165, 1.54) is 24.0 Å². The second-order valence-corrected chi connectivity index (χ2v) is 7.61. The quantitative estimate of drug-likeness (QED) is 0.587. The molecule has 0 amide bonds. The van der Waals surface area contributed by atoms with E-state index in [0.29, 0.717) is 13.2 Å². The number of aromatic nitrogens is 5. The van der Waals surface area contributed by atoms with Gasteiger partial charge in [0.25, 0.3) is 0 Å². The van der Waals surface area contributed by atoms with Gasteiger partial charge in [0.15, 0.2) is 5.82 Å². The lowest BCUT2D eigenvalue weighted by atomic mass is 9.89. The van der Waals surface area contributed by atoms with E-state index in [2.05, 4.69) is 67.9 Å². The van der Waals surface area contributed by atoms with Crippen molar-refractivity contribution in [2.24, 2.45) is 5.92 Å². The van der Waals surface area contributed by atoms with Crippen LogP contribution in [-0.4, -0.2) is 56.9 Å². The first-order valence-corrected chi connectivity index (χ1v) is 10.3. The Balaban J connectivity index is 1.50. The fourth-order valence-electron chi connectivity index (χ4n) is 4.18. The number of nitrogens with zero attached hydrogens (tertiary/aromatic N) is 6. The maximum atomic E-state index is 5.23. The summed E-state index contributed by atoms with van der Waals surface area (Å²) in [6, 6.07) is 15.0. The van der Waals surface area contributed by atoms with Crippen LogP contribution in [0.25, 0.3) is 0 Å². The first-order chi connectivity index (χ1) is 14.3. The molecule has 7 heteroatoms. The van der Waals surface area contributed by atoms with Crippen molar-refractivity contribution in [3.8, 4) is 0 Å². The summed E-state index contributed by atoms with van der Waals surface area (Å²) in [5, 5.41) is 12.5. The first-order valence-electron chi connectivity index (χ1n) is 10.3. The van der Waals surface area contributed by atoms with Crippen LogP contribution in [0.2, 0.25) is 0 Å². The smallest absolute Gasteiger partial charge is 0.173 e. The van der Waals surface area contributed by atoms with Crippen molar-refractivity contribution in [3.63, 3.8) is 0 Å². The Labute approximate surface area is 171 Å². The highest BCUT2D eigenvalue weighted by molar-refractivity contribution is 5.22. The number of tetrazole rings is 1. The highest BCUT2D eigenvalue weighted by atomic mass is 16.5. The van der Waals surface area contributed by atoms with Gasteiger partial charge in [-0.2, -0.15) is 0 Å². The molecule has 0 radical (unpaired) electrons. The first kappa shape index (κ1) is 19.7. The van der Waals surface area contributed by atoms with Gasteiger partial charge in [-0.25, -0.2) is 4.68 Å². The number of ether oxygens (including phenoxy) is 1. The highest BCUT2D eigenvalue weighted by Gasteiger charge is 2.31. The van der Waals surface area contributed by atoms with Gasteiger partial charge in [-0.1, -0.05) is 30.3 Å². The van der Waals surface area contributed by atoms with E-state index in [1.54, 1.807) is 7.11 Å². The standard InChI is InChI=1S/C22H28N6O/c1-29-16-15-28-22(24-25-26-28)21(20-7-11-23-12-8-20)27-13-9-19(10-14-27)17-18-5-3-2-4-6-18/h2-8,11-12,19,21H,9-10,13-17H2,1H3. The summed E-state index contributed by atoms with van der Waals surface area (Å²) in [5.74, 6) is 1.59. The van der Waals surface area contributed by atoms with Gasteiger partial charge in [-0.3, -0.25) is 9.88 Å². The van der Waals surface area contributed by atoms with E-state index in [4.69, 9.17) is 4.74 Å². The number of rotatable bonds is 8. The third-order valence-electron chi connectivity index (χ3n) is 5.71. The van der Waals surface area contributed by atoms with E-state index in [1.807, 2.05) is 17.1 Å². The lowest BCUT2D eigenvalue weighted by Gasteiger charge is -2.37. The van der Waals surface area contributed by atoms with E-state index in [0.717, 1.165) is 31.3 Å². The Morgan fingerprint density at radius 3 is 2.55 bits per heavy atom. The van der Waals surface area contributed by atoms with Crippen LogP contribution in [0.1, 0.15) is 35.8 Å². The molecule has 0 saturated carbocycles. The molecule has 4 rings (SSSR count). The minimum absolute atomic E-state index is 0.0301. The predicted octanol–water partition coefficient (Wildman–Crippen LogP) is 2.76. The number of methoxy groups -OCH3 is 1. The molecule has 2 aromatic heterocycles. The van der Waals surface area contributed by atoms with Crippen molar-refractivity contribution >= 4 is 0 Å². The zero-order valence-electron chi connectivity index (χ0n) is 16.9. The summed E-state index contributed by atoms with van der Waals surface area (Å²) < 4.78 is 7.10. The average Bonchev–Trinajstić information content (AvgIpc) is 3.23. The number of benzene rings is 1. The molecular formula is C22H28N6O. The Kier molecular flexibility index (Phi) is 6.59. The van der Waals surface area contributed by atoms with Crippen LogP contribution in [0.5, 0.6) is 0 Å². The van der Waals surface area contributed by atoms with Crippen LogP contribution in [0.15, 0.2) is 54.9 Å². The van der Waals surface area contributed by atoms with Crippen molar-refractivity contribution in [2.45, 2.75) is 31.8 Å². The van der Waals surface area contributed by atoms with Crippen LogP contribution in [0, 0.1) is 5.92 Å². The Morgan fingerprint density at radius 1 is 1.07 bits per heavy atom. The molecule has 0 spiro atoms. The summed E-state index contributed by atoms with van der Waals surface area (Å²) >= 11 is 0. The van der Waals surface area contributed by atoms with Gasteiger partial charge in [0.1, 0.15) is 0 Å². The van der Waals surface area contributed by atoms with Crippen LogP contribution >= 0.6 is 0 Å². The van der Waals surface area contributed by atoms with E-state index in [9.17, 15) is 0 Å². The zero-order chi connectivity index (χ0) is 19.9. The maximum absolute atomic E-state index is 5.23. The molecule has 3 heterocycles. The normalized spacial score (nSPS) is 16.7. The van der Waals surface area contributed by atoms with E-state index >= 15 is 0 Å². The summed E-state index contributed by atoms with van der Waals surface area (Å²) in [6.45, 7) is 3.29. The van der Waals surface area contributed by atoms with Crippen molar-refractivity contribution in [3.05, 3.63) is 71.8 Å². The molecule has 1 saturated heterocycles. The third kappa shape index (κ3) is 4.86. The molecule has 1 atom stereocenters. The molecule has 0 N–H and O–H groups in total. The monoisotopic (exact) mass is 392 g/mol. The van der Waals surface area contributed by atoms with Gasteiger partial charge in [0.05, 0.1) is 19.2 Å². The largest absolute Gasteiger partial charge is 0.383 e. The van der Waals surface area contributed by atoms with Gasteiger partial charge >= 0.3 is 0 Å². The topological polar surface area (TPSA) is 69.0 Å². The number of hydrogen-bond donors (Lipinski definition) is 0. The second kappa shape index (κ2) is 9.71. The van der Waals surface area contributed by atoms with Crippen LogP contribution in [0.3, 0.4) is 0 Å². The lowest BCUT2D eigenvalue weighted by Crippen LogP contribution is -2.39. The molecule has 7 nitrogen and oxygen atoms in total. The molecule has 1 fully saturated rings. The maximum Gasteiger partial charge on any atom is 0.173 e. The van der Waals surface area contributed by atoms with E-state index < -0.39 is 0 Å². The predicted molar refractivity (Wildman–Crippen MR) is 110 cm³/mol. The summed E-state index contributed by atoms with van der Waals surface area (Å²) in [7, 11) is 1.70. The molecule has 1 unspecified atom stereocenters. The number of pyridine rings is 1. The Bertz CT molecular complexity index is 861. The molecule has 1 aliphatic heterocycles. The molecular weight excluding hydrogens is 364 g/mol. The van der Waals surface area contributed by atoms with Gasteiger partial charge in [-0.15, -0.1) is 5.10 Å². The van der Waals surface area contributed by atoms with Gasteiger partial charge in [0, 0.05) is 19.5 Å². The van der Waals surface area contributed by atoms with Crippen LogP contribution in [0.4, 0.5) is 0 Å². The minimum atomic E-state index is 0.0301. The number of piperidine rings is 1. The fraction of sp³-hybridized carbons (Fsp3) is 0.455. The summed E-state index contributed by atoms with van der Waals surface area (Å²) in [5.41, 5.74) is 2.61. The molecule has 1 aromatic carbocycles. The minimum Gasteiger partial charge on any atom is -0.383 e. The van der Waals surface area contributed by atoms with Crippen LogP contribution in [-0.2, 0) is 17.7 Å². The van der Waals surface area contributed by atoms with Gasteiger partial charge in [-0.05, 0) is 72.0 Å². The SMILES string of the molecule is COCCn1nnnc1C(c1ccncc1)N1CCC(Cc2ccccc2)CC1. The Morgan fingerprint density at radius 2 is 1.83 bits per heavy atom. The van der Waals surface area contributed by atoms with Gasteiger partial charge < -0.3 is 4.74 Å².